The second-order valence-electron chi connectivity index (χ2n) is 5.57. The van der Waals surface area contributed by atoms with Crippen LogP contribution >= 0.6 is 0 Å². The lowest BCUT2D eigenvalue weighted by atomic mass is 10.2. The number of anilines is 1. The molecule has 0 saturated carbocycles. The quantitative estimate of drug-likeness (QED) is 0.705. The second-order valence-corrected chi connectivity index (χ2v) is 5.57. The maximum Gasteiger partial charge on any atom is 0.280 e. The number of hydrogen-bond donors (Lipinski definition) is 2. The summed E-state index contributed by atoms with van der Waals surface area (Å²) >= 11 is 0. The molecule has 1 heterocycles. The average molecular weight is 351 g/mol. The molecule has 7 nitrogen and oxygen atoms in total. The van der Waals surface area contributed by atoms with E-state index in [0.29, 0.717) is 5.69 Å². The smallest absolute Gasteiger partial charge is 0.280 e. The van der Waals surface area contributed by atoms with Crippen molar-refractivity contribution >= 4 is 11.6 Å². The van der Waals surface area contributed by atoms with Crippen molar-refractivity contribution in [1.82, 2.24) is 9.78 Å². The van der Waals surface area contributed by atoms with E-state index < -0.39 is 11.5 Å². The third-order valence-electron chi connectivity index (χ3n) is 3.83. The normalized spacial score (nSPS) is 10.4. The van der Waals surface area contributed by atoms with E-state index in [-0.39, 0.29) is 22.9 Å². The lowest BCUT2D eigenvalue weighted by molar-refractivity contribution is 0.101. The fraction of sp³-hybridized carbons (Fsp3) is 0.105. The Balaban J connectivity index is 2.07. The molecule has 1 aromatic heterocycles. The molecule has 3 aromatic rings. The number of phenols is 1. The van der Waals surface area contributed by atoms with Crippen LogP contribution in [-0.4, -0.2) is 27.9 Å². The van der Waals surface area contributed by atoms with Crippen LogP contribution in [0.15, 0.2) is 59.4 Å². The number of nitrogens with zero attached hydrogens (tertiary/aromatic N) is 2. The van der Waals surface area contributed by atoms with Crippen molar-refractivity contribution in [2.24, 2.45) is 0 Å². The number of carbonyl (C=O) groups is 1. The van der Waals surface area contributed by atoms with E-state index in [1.807, 2.05) is 19.1 Å². The van der Waals surface area contributed by atoms with Crippen molar-refractivity contribution in [3.8, 4) is 17.2 Å². The Bertz CT molecular complexity index is 1030. The standard InChI is InChI=1S/C19H17N3O4/c1-12-7-3-5-9-14(12)22-17(24)11-16(26-2)18(21-22)19(25)20-13-8-4-6-10-15(13)23/h3-11,23H,1-2H3,(H,20,25). The van der Waals surface area contributed by atoms with Gasteiger partial charge in [-0.25, -0.2) is 0 Å². The highest BCUT2D eigenvalue weighted by molar-refractivity contribution is 6.05. The van der Waals surface area contributed by atoms with Gasteiger partial charge in [-0.2, -0.15) is 9.78 Å². The highest BCUT2D eigenvalue weighted by atomic mass is 16.5. The summed E-state index contributed by atoms with van der Waals surface area (Å²) in [7, 11) is 1.35. The first-order valence-corrected chi connectivity index (χ1v) is 7.85. The number of rotatable bonds is 4. The zero-order valence-corrected chi connectivity index (χ0v) is 14.3. The highest BCUT2D eigenvalue weighted by Gasteiger charge is 2.19. The lowest BCUT2D eigenvalue weighted by Crippen LogP contribution is -2.26. The van der Waals surface area contributed by atoms with Gasteiger partial charge in [0.25, 0.3) is 11.5 Å². The number of amides is 1. The fourth-order valence-electron chi connectivity index (χ4n) is 2.49. The summed E-state index contributed by atoms with van der Waals surface area (Å²) in [5.41, 5.74) is 1.14. The largest absolute Gasteiger partial charge is 0.506 e. The maximum atomic E-state index is 12.6. The minimum Gasteiger partial charge on any atom is -0.506 e. The first kappa shape index (κ1) is 17.2. The first-order chi connectivity index (χ1) is 12.5. The molecule has 7 heteroatoms. The van der Waals surface area contributed by atoms with Crippen LogP contribution < -0.4 is 15.6 Å². The summed E-state index contributed by atoms with van der Waals surface area (Å²) in [6.07, 6.45) is 0. The van der Waals surface area contributed by atoms with Gasteiger partial charge in [0, 0.05) is 0 Å². The van der Waals surface area contributed by atoms with E-state index in [4.69, 9.17) is 4.74 Å². The minimum absolute atomic E-state index is 0.0488. The number of nitrogens with one attached hydrogen (secondary N) is 1. The monoisotopic (exact) mass is 351 g/mol. The predicted octanol–water partition coefficient (Wildman–Crippen LogP) is 2.51. The van der Waals surface area contributed by atoms with Gasteiger partial charge in [-0.3, -0.25) is 9.59 Å². The average Bonchev–Trinajstić information content (AvgIpc) is 2.64. The molecule has 0 bridgehead atoms. The molecule has 26 heavy (non-hydrogen) atoms. The van der Waals surface area contributed by atoms with Crippen LogP contribution in [0.1, 0.15) is 16.1 Å². The number of methoxy groups -OCH3 is 1. The van der Waals surface area contributed by atoms with Gasteiger partial charge in [-0.05, 0) is 30.7 Å². The number of benzene rings is 2. The molecule has 0 aliphatic heterocycles. The molecule has 2 aromatic carbocycles. The van der Waals surface area contributed by atoms with Crippen LogP contribution in [0.25, 0.3) is 5.69 Å². The minimum atomic E-state index is -0.606. The lowest BCUT2D eigenvalue weighted by Gasteiger charge is -2.13. The summed E-state index contributed by atoms with van der Waals surface area (Å²) in [5.74, 6) is -0.634. The molecule has 1 amide bonds. The zero-order valence-electron chi connectivity index (χ0n) is 14.3. The number of phenolic OH excluding ortho intramolecular Hbond substituents is 1. The number of aryl methyl sites for hydroxylation is 1. The molecule has 0 aliphatic rings. The van der Waals surface area contributed by atoms with Crippen molar-refractivity contribution in [3.05, 3.63) is 76.2 Å². The van der Waals surface area contributed by atoms with Crippen LogP contribution in [0.4, 0.5) is 5.69 Å². The maximum absolute atomic E-state index is 12.6. The Morgan fingerprint density at radius 3 is 2.54 bits per heavy atom. The van der Waals surface area contributed by atoms with Gasteiger partial charge >= 0.3 is 0 Å². The van der Waals surface area contributed by atoms with Gasteiger partial charge in [0.15, 0.2) is 11.4 Å². The van der Waals surface area contributed by atoms with Gasteiger partial charge in [-0.15, -0.1) is 0 Å². The van der Waals surface area contributed by atoms with Crippen molar-refractivity contribution in [3.63, 3.8) is 0 Å². The van der Waals surface area contributed by atoms with Gasteiger partial charge in [0.05, 0.1) is 24.6 Å². The SMILES string of the molecule is COc1cc(=O)n(-c2ccccc2C)nc1C(=O)Nc1ccccc1O. The van der Waals surface area contributed by atoms with Crippen LogP contribution in [-0.2, 0) is 0 Å². The predicted molar refractivity (Wildman–Crippen MR) is 97.2 cm³/mol. The number of para-hydroxylation sites is 3. The molecule has 0 aliphatic carbocycles. The summed E-state index contributed by atoms with van der Waals surface area (Å²) in [6.45, 7) is 1.84. The molecule has 0 saturated heterocycles. The Morgan fingerprint density at radius 2 is 1.85 bits per heavy atom. The van der Waals surface area contributed by atoms with Crippen molar-refractivity contribution in [2.45, 2.75) is 6.92 Å². The molecule has 0 spiro atoms. The second kappa shape index (κ2) is 7.10. The molecule has 0 fully saturated rings. The van der Waals surface area contributed by atoms with Gasteiger partial charge in [0.1, 0.15) is 5.75 Å². The molecule has 2 N–H and O–H groups in total. The number of carbonyl (C=O) groups excluding carboxylic acids is 1. The third-order valence-corrected chi connectivity index (χ3v) is 3.83. The number of aromatic nitrogens is 2. The van der Waals surface area contributed by atoms with E-state index in [2.05, 4.69) is 10.4 Å². The number of ether oxygens (including phenoxy) is 1. The van der Waals surface area contributed by atoms with Gasteiger partial charge < -0.3 is 15.2 Å². The Morgan fingerprint density at radius 1 is 1.15 bits per heavy atom. The molecular formula is C19H17N3O4. The van der Waals surface area contributed by atoms with E-state index in [9.17, 15) is 14.7 Å². The van der Waals surface area contributed by atoms with E-state index in [0.717, 1.165) is 10.2 Å². The first-order valence-electron chi connectivity index (χ1n) is 7.85. The highest BCUT2D eigenvalue weighted by Crippen LogP contribution is 2.23. The van der Waals surface area contributed by atoms with Crippen LogP contribution in [0, 0.1) is 6.92 Å². The Hall–Kier alpha value is -3.61. The van der Waals surface area contributed by atoms with Crippen molar-refractivity contribution in [2.75, 3.05) is 12.4 Å². The van der Waals surface area contributed by atoms with Gasteiger partial charge in [-0.1, -0.05) is 30.3 Å². The zero-order chi connectivity index (χ0) is 18.7. The molecule has 0 unspecified atom stereocenters. The summed E-state index contributed by atoms with van der Waals surface area (Å²) in [5, 5.41) is 16.6. The molecular weight excluding hydrogens is 334 g/mol. The molecule has 0 radical (unpaired) electrons. The molecule has 0 atom stereocenters. The number of aromatic hydroxyl groups is 1. The van der Waals surface area contributed by atoms with Crippen LogP contribution in [0.2, 0.25) is 0 Å². The van der Waals surface area contributed by atoms with E-state index in [1.54, 1.807) is 30.3 Å². The summed E-state index contributed by atoms with van der Waals surface area (Å²) in [6, 6.07) is 14.7. The van der Waals surface area contributed by atoms with Crippen molar-refractivity contribution in [1.29, 1.82) is 0 Å². The fourth-order valence-corrected chi connectivity index (χ4v) is 2.49. The van der Waals surface area contributed by atoms with E-state index >= 15 is 0 Å². The summed E-state index contributed by atoms with van der Waals surface area (Å²) < 4.78 is 6.29. The molecule has 3 rings (SSSR count). The Labute approximate surface area is 149 Å². The van der Waals surface area contributed by atoms with Crippen LogP contribution in [0.5, 0.6) is 11.5 Å². The third kappa shape index (κ3) is 3.27. The van der Waals surface area contributed by atoms with Gasteiger partial charge in [0.2, 0.25) is 0 Å². The Kier molecular flexibility index (Phi) is 4.70. The van der Waals surface area contributed by atoms with Crippen LogP contribution in [0.3, 0.4) is 0 Å². The van der Waals surface area contributed by atoms with Crippen molar-refractivity contribution < 1.29 is 14.6 Å². The topological polar surface area (TPSA) is 93.5 Å². The van der Waals surface area contributed by atoms with E-state index in [1.165, 1.54) is 19.2 Å². The number of hydrogen-bond acceptors (Lipinski definition) is 5. The molecule has 132 valence electrons. The summed E-state index contributed by atoms with van der Waals surface area (Å²) in [4.78, 5) is 25.0.